The molecule has 18 heavy (non-hydrogen) atoms. The molecule has 1 aromatic rings. The monoisotopic (exact) mass is 271 g/mol. The van der Waals surface area contributed by atoms with Crippen molar-refractivity contribution >= 4 is 11.6 Å². The first kappa shape index (κ1) is 15.5. The summed E-state index contributed by atoms with van der Waals surface area (Å²) in [5.74, 6) is 0.358. The van der Waals surface area contributed by atoms with Gasteiger partial charge in [0.1, 0.15) is 5.82 Å². The molecule has 1 atom stereocenters. The van der Waals surface area contributed by atoms with Crippen molar-refractivity contribution in [2.45, 2.75) is 46.1 Å². The highest BCUT2D eigenvalue weighted by Gasteiger charge is 2.20. The lowest BCUT2D eigenvalue weighted by Gasteiger charge is -2.26. The predicted octanol–water partition coefficient (Wildman–Crippen LogP) is 4.44. The van der Waals surface area contributed by atoms with E-state index >= 15 is 0 Å². The Bertz CT molecular complexity index is 343. The first-order valence-electron chi connectivity index (χ1n) is 6.80. The number of benzene rings is 1. The van der Waals surface area contributed by atoms with Gasteiger partial charge in [0.05, 0.1) is 0 Å². The molecular weight excluding hydrogens is 249 g/mol. The normalized spacial score (nSPS) is 13.0. The number of rotatable bonds is 7. The zero-order valence-electron chi connectivity index (χ0n) is 11.5. The third-order valence-electron chi connectivity index (χ3n) is 3.57. The summed E-state index contributed by atoms with van der Waals surface area (Å²) in [6.45, 7) is 7.34. The summed E-state index contributed by atoms with van der Waals surface area (Å²) >= 11 is 6.10. The molecule has 0 aliphatic carbocycles. The molecule has 0 saturated carbocycles. The van der Waals surface area contributed by atoms with Crippen LogP contribution in [0.15, 0.2) is 18.2 Å². The van der Waals surface area contributed by atoms with Crippen LogP contribution in [-0.2, 0) is 6.42 Å². The van der Waals surface area contributed by atoms with Crippen LogP contribution in [0.1, 0.15) is 39.2 Å². The van der Waals surface area contributed by atoms with Crippen molar-refractivity contribution in [1.82, 2.24) is 5.32 Å². The molecule has 0 bridgehead atoms. The molecule has 0 radical (unpaired) electrons. The molecule has 0 spiro atoms. The van der Waals surface area contributed by atoms with Gasteiger partial charge < -0.3 is 5.32 Å². The number of hydrogen-bond acceptors (Lipinski definition) is 1. The fourth-order valence-electron chi connectivity index (χ4n) is 2.47. The molecule has 1 nitrogen and oxygen atoms in total. The van der Waals surface area contributed by atoms with Crippen LogP contribution in [0, 0.1) is 11.7 Å². The molecule has 1 rings (SSSR count). The second kappa shape index (κ2) is 7.75. The topological polar surface area (TPSA) is 12.0 Å². The van der Waals surface area contributed by atoms with E-state index in [9.17, 15) is 4.39 Å². The van der Waals surface area contributed by atoms with Crippen LogP contribution in [0.4, 0.5) is 4.39 Å². The number of likely N-dealkylation sites (N-methyl/N-ethyl adjacent to an activating group) is 1. The van der Waals surface area contributed by atoms with Crippen molar-refractivity contribution in [3.8, 4) is 0 Å². The van der Waals surface area contributed by atoms with E-state index in [0.717, 1.165) is 19.4 Å². The Morgan fingerprint density at radius 2 is 1.89 bits per heavy atom. The standard InChI is InChI=1S/C15H23ClFN/c1-4-11(5-2)15(18-6-3)10-12-13(16)8-7-9-14(12)17/h7-9,11,15,18H,4-6,10H2,1-3H3. The van der Waals surface area contributed by atoms with Crippen LogP contribution in [0.25, 0.3) is 0 Å². The molecular formula is C15H23ClFN. The Morgan fingerprint density at radius 3 is 2.39 bits per heavy atom. The summed E-state index contributed by atoms with van der Waals surface area (Å²) in [7, 11) is 0. The third kappa shape index (κ3) is 3.96. The van der Waals surface area contributed by atoms with E-state index in [1.54, 1.807) is 12.1 Å². The molecule has 102 valence electrons. The minimum Gasteiger partial charge on any atom is -0.314 e. The lowest BCUT2D eigenvalue weighted by molar-refractivity contribution is 0.334. The van der Waals surface area contributed by atoms with Crippen molar-refractivity contribution in [2.24, 2.45) is 5.92 Å². The fourth-order valence-corrected chi connectivity index (χ4v) is 2.71. The van der Waals surface area contributed by atoms with Crippen LogP contribution < -0.4 is 5.32 Å². The zero-order chi connectivity index (χ0) is 13.5. The number of nitrogens with one attached hydrogen (secondary N) is 1. The quantitative estimate of drug-likeness (QED) is 0.773. The molecule has 1 N–H and O–H groups in total. The molecule has 0 saturated heterocycles. The Morgan fingerprint density at radius 1 is 1.22 bits per heavy atom. The van der Waals surface area contributed by atoms with Crippen LogP contribution in [0.5, 0.6) is 0 Å². The van der Waals surface area contributed by atoms with E-state index in [4.69, 9.17) is 11.6 Å². The summed E-state index contributed by atoms with van der Waals surface area (Å²) < 4.78 is 13.8. The highest BCUT2D eigenvalue weighted by atomic mass is 35.5. The first-order chi connectivity index (χ1) is 8.63. The van der Waals surface area contributed by atoms with Crippen LogP contribution in [0.3, 0.4) is 0 Å². The Hall–Kier alpha value is -0.600. The largest absolute Gasteiger partial charge is 0.314 e. The van der Waals surface area contributed by atoms with Crippen molar-refractivity contribution in [3.05, 3.63) is 34.6 Å². The molecule has 0 aromatic heterocycles. The number of halogens is 2. The summed E-state index contributed by atoms with van der Waals surface area (Å²) in [5, 5.41) is 3.99. The molecule has 1 aromatic carbocycles. The summed E-state index contributed by atoms with van der Waals surface area (Å²) in [4.78, 5) is 0. The van der Waals surface area contributed by atoms with Crippen molar-refractivity contribution in [2.75, 3.05) is 6.54 Å². The summed E-state index contributed by atoms with van der Waals surface area (Å²) in [6, 6.07) is 5.19. The van der Waals surface area contributed by atoms with Gasteiger partial charge in [-0.25, -0.2) is 4.39 Å². The van der Waals surface area contributed by atoms with Gasteiger partial charge in [-0.1, -0.05) is 51.3 Å². The van der Waals surface area contributed by atoms with Gasteiger partial charge in [0.25, 0.3) is 0 Å². The highest BCUT2D eigenvalue weighted by Crippen LogP contribution is 2.24. The van der Waals surface area contributed by atoms with Gasteiger partial charge in [-0.3, -0.25) is 0 Å². The molecule has 0 aliphatic heterocycles. The van der Waals surface area contributed by atoms with Crippen molar-refractivity contribution in [1.29, 1.82) is 0 Å². The van der Waals surface area contributed by atoms with Crippen LogP contribution in [0.2, 0.25) is 5.02 Å². The Kier molecular flexibility index (Phi) is 6.66. The predicted molar refractivity (Wildman–Crippen MR) is 76.7 cm³/mol. The van der Waals surface area contributed by atoms with E-state index in [1.807, 2.05) is 0 Å². The van der Waals surface area contributed by atoms with Crippen LogP contribution in [-0.4, -0.2) is 12.6 Å². The molecule has 0 amide bonds. The van der Waals surface area contributed by atoms with Gasteiger partial charge in [-0.2, -0.15) is 0 Å². The lowest BCUT2D eigenvalue weighted by Crippen LogP contribution is -2.37. The first-order valence-corrected chi connectivity index (χ1v) is 7.18. The van der Waals surface area contributed by atoms with E-state index in [2.05, 4.69) is 26.1 Å². The third-order valence-corrected chi connectivity index (χ3v) is 3.92. The Labute approximate surface area is 115 Å². The van der Waals surface area contributed by atoms with Crippen molar-refractivity contribution < 1.29 is 4.39 Å². The SMILES string of the molecule is CCNC(Cc1c(F)cccc1Cl)C(CC)CC. The zero-order valence-corrected chi connectivity index (χ0v) is 12.2. The van der Waals surface area contributed by atoms with Gasteiger partial charge in [0, 0.05) is 16.6 Å². The van der Waals surface area contributed by atoms with Gasteiger partial charge in [0.15, 0.2) is 0 Å². The molecule has 0 aliphatic rings. The average Bonchev–Trinajstić information content (AvgIpc) is 2.35. The molecule has 0 heterocycles. The van der Waals surface area contributed by atoms with Gasteiger partial charge >= 0.3 is 0 Å². The summed E-state index contributed by atoms with van der Waals surface area (Å²) in [6.07, 6.45) is 2.85. The second-order valence-electron chi connectivity index (χ2n) is 4.65. The fraction of sp³-hybridized carbons (Fsp3) is 0.600. The number of hydrogen-bond donors (Lipinski definition) is 1. The smallest absolute Gasteiger partial charge is 0.127 e. The minimum atomic E-state index is -0.198. The van der Waals surface area contributed by atoms with Gasteiger partial charge in [-0.15, -0.1) is 0 Å². The van der Waals surface area contributed by atoms with Crippen LogP contribution >= 0.6 is 11.6 Å². The maximum absolute atomic E-state index is 13.8. The van der Waals surface area contributed by atoms with E-state index in [1.165, 1.54) is 6.07 Å². The highest BCUT2D eigenvalue weighted by molar-refractivity contribution is 6.31. The maximum Gasteiger partial charge on any atom is 0.127 e. The maximum atomic E-state index is 13.8. The van der Waals surface area contributed by atoms with E-state index < -0.39 is 0 Å². The van der Waals surface area contributed by atoms with E-state index in [-0.39, 0.29) is 5.82 Å². The van der Waals surface area contributed by atoms with Gasteiger partial charge in [0.2, 0.25) is 0 Å². The minimum absolute atomic E-state index is 0.198. The molecule has 0 fully saturated rings. The molecule has 3 heteroatoms. The van der Waals surface area contributed by atoms with E-state index in [0.29, 0.717) is 29.0 Å². The average molecular weight is 272 g/mol. The molecule has 1 unspecified atom stereocenters. The van der Waals surface area contributed by atoms with Gasteiger partial charge in [-0.05, 0) is 31.0 Å². The summed E-state index contributed by atoms with van der Waals surface area (Å²) in [5.41, 5.74) is 0.636. The second-order valence-corrected chi connectivity index (χ2v) is 5.05. The van der Waals surface area contributed by atoms with Crippen molar-refractivity contribution in [3.63, 3.8) is 0 Å². The lowest BCUT2D eigenvalue weighted by atomic mass is 9.89. The Balaban J connectivity index is 2.89.